The molecule has 1 rings (SSSR count). The van der Waals surface area contributed by atoms with Crippen LogP contribution < -0.4 is 5.73 Å². The summed E-state index contributed by atoms with van der Waals surface area (Å²) in [5.41, 5.74) is 6.01. The van der Waals surface area contributed by atoms with Crippen LogP contribution in [0.2, 0.25) is 0 Å². The van der Waals surface area contributed by atoms with E-state index in [1.165, 1.54) is 7.11 Å². The highest BCUT2D eigenvalue weighted by molar-refractivity contribution is 5.80. The number of carbonyl (C=O) groups is 1. The summed E-state index contributed by atoms with van der Waals surface area (Å²) in [5, 5.41) is 0. The van der Waals surface area contributed by atoms with Gasteiger partial charge in [0.1, 0.15) is 5.54 Å². The molecule has 0 bridgehead atoms. The van der Waals surface area contributed by atoms with Crippen LogP contribution in [0.1, 0.15) is 31.9 Å². The molecule has 0 unspecified atom stereocenters. The Labute approximate surface area is 95.4 Å². The number of imidazole rings is 1. The fourth-order valence-electron chi connectivity index (χ4n) is 1.68. The van der Waals surface area contributed by atoms with Gasteiger partial charge in [0.2, 0.25) is 0 Å². The van der Waals surface area contributed by atoms with Gasteiger partial charge in [0.05, 0.1) is 13.4 Å². The summed E-state index contributed by atoms with van der Waals surface area (Å²) in [4.78, 5) is 18.5. The van der Waals surface area contributed by atoms with Crippen molar-refractivity contribution in [2.45, 2.75) is 38.1 Å². The molecule has 16 heavy (non-hydrogen) atoms. The molecule has 0 aromatic carbocycles. The van der Waals surface area contributed by atoms with Crippen molar-refractivity contribution in [1.29, 1.82) is 0 Å². The number of nitrogens with one attached hydrogen (secondary N) is 1. The molecular formula is C11H19N3O2. The largest absolute Gasteiger partial charge is 0.468 e. The van der Waals surface area contributed by atoms with E-state index >= 15 is 0 Å². The Morgan fingerprint density at radius 1 is 1.69 bits per heavy atom. The Balaban J connectivity index is 2.73. The lowest BCUT2D eigenvalue weighted by Gasteiger charge is -2.25. The Morgan fingerprint density at radius 3 is 2.94 bits per heavy atom. The summed E-state index contributed by atoms with van der Waals surface area (Å²) in [6, 6.07) is 0. The molecule has 0 aliphatic carbocycles. The summed E-state index contributed by atoms with van der Waals surface area (Å²) >= 11 is 0. The summed E-state index contributed by atoms with van der Waals surface area (Å²) in [6.07, 6.45) is 6.21. The first-order chi connectivity index (χ1) is 7.62. The first-order valence-electron chi connectivity index (χ1n) is 5.47. The highest BCUT2D eigenvalue weighted by Crippen LogP contribution is 2.18. The number of ether oxygens (including phenoxy) is 1. The number of hydrogen-bond acceptors (Lipinski definition) is 4. The topological polar surface area (TPSA) is 81.0 Å². The first-order valence-corrected chi connectivity index (χ1v) is 5.47. The van der Waals surface area contributed by atoms with E-state index in [1.807, 2.05) is 0 Å². The van der Waals surface area contributed by atoms with Gasteiger partial charge in [0.25, 0.3) is 0 Å². The van der Waals surface area contributed by atoms with Gasteiger partial charge in [0, 0.05) is 18.3 Å². The van der Waals surface area contributed by atoms with E-state index in [2.05, 4.69) is 16.9 Å². The number of nitrogens with two attached hydrogens (primary N) is 1. The van der Waals surface area contributed by atoms with Crippen molar-refractivity contribution < 1.29 is 9.53 Å². The van der Waals surface area contributed by atoms with Gasteiger partial charge < -0.3 is 15.5 Å². The molecule has 0 spiro atoms. The molecule has 0 amide bonds. The molecule has 5 nitrogen and oxygen atoms in total. The Kier molecular flexibility index (Phi) is 4.49. The van der Waals surface area contributed by atoms with Crippen LogP contribution in [0.4, 0.5) is 0 Å². The van der Waals surface area contributed by atoms with Crippen molar-refractivity contribution >= 4 is 5.97 Å². The van der Waals surface area contributed by atoms with E-state index in [0.29, 0.717) is 12.8 Å². The smallest absolute Gasteiger partial charge is 0.326 e. The normalized spacial score (nSPS) is 14.4. The molecule has 0 saturated heterocycles. The van der Waals surface area contributed by atoms with Crippen LogP contribution in [0.25, 0.3) is 0 Å². The average molecular weight is 225 g/mol. The van der Waals surface area contributed by atoms with Gasteiger partial charge >= 0.3 is 5.97 Å². The zero-order valence-electron chi connectivity index (χ0n) is 9.82. The number of esters is 1. The third kappa shape index (κ3) is 3.06. The second-order valence-electron chi connectivity index (χ2n) is 4.00. The molecule has 1 atom stereocenters. The van der Waals surface area contributed by atoms with E-state index in [9.17, 15) is 4.79 Å². The van der Waals surface area contributed by atoms with Crippen LogP contribution in [-0.4, -0.2) is 28.6 Å². The zero-order valence-corrected chi connectivity index (χ0v) is 9.82. The Hall–Kier alpha value is -1.36. The number of carbonyl (C=O) groups excluding carboxylic acids is 1. The van der Waals surface area contributed by atoms with Crippen molar-refractivity contribution in [1.82, 2.24) is 9.97 Å². The van der Waals surface area contributed by atoms with Crippen molar-refractivity contribution in [2.24, 2.45) is 5.73 Å². The van der Waals surface area contributed by atoms with Gasteiger partial charge in [-0.15, -0.1) is 0 Å². The quantitative estimate of drug-likeness (QED) is 0.708. The molecule has 3 N–H and O–H groups in total. The maximum absolute atomic E-state index is 11.7. The van der Waals surface area contributed by atoms with Gasteiger partial charge in [-0.05, 0) is 6.42 Å². The number of nitrogens with zero attached hydrogens (tertiary/aromatic N) is 1. The molecule has 5 heteroatoms. The minimum atomic E-state index is -0.947. The Bertz CT molecular complexity index is 324. The molecular weight excluding hydrogens is 206 g/mol. The van der Waals surface area contributed by atoms with Crippen molar-refractivity contribution in [3.05, 3.63) is 18.2 Å². The molecule has 90 valence electrons. The number of H-pyrrole nitrogens is 1. The lowest BCUT2D eigenvalue weighted by atomic mass is 9.89. The van der Waals surface area contributed by atoms with E-state index < -0.39 is 5.54 Å². The van der Waals surface area contributed by atoms with Crippen molar-refractivity contribution in [2.75, 3.05) is 7.11 Å². The van der Waals surface area contributed by atoms with Crippen LogP contribution in [0, 0.1) is 0 Å². The fourth-order valence-corrected chi connectivity index (χ4v) is 1.68. The summed E-state index contributed by atoms with van der Waals surface area (Å²) in [7, 11) is 1.36. The minimum Gasteiger partial charge on any atom is -0.468 e. The number of methoxy groups -OCH3 is 1. The standard InChI is InChI=1S/C11H19N3O2/c1-3-4-5-11(12,10(15)16-2)6-9-7-13-8-14-9/h7-8H,3-6,12H2,1-2H3,(H,13,14)/t11-/m0/s1. The predicted molar refractivity (Wildman–Crippen MR) is 60.8 cm³/mol. The van der Waals surface area contributed by atoms with E-state index in [0.717, 1.165) is 18.5 Å². The van der Waals surface area contributed by atoms with Gasteiger partial charge in [-0.3, -0.25) is 4.79 Å². The van der Waals surface area contributed by atoms with Gasteiger partial charge in [-0.2, -0.15) is 0 Å². The molecule has 1 aromatic heterocycles. The lowest BCUT2D eigenvalue weighted by molar-refractivity contribution is -0.147. The molecule has 1 heterocycles. The van der Waals surface area contributed by atoms with Crippen LogP contribution in [0.5, 0.6) is 0 Å². The Morgan fingerprint density at radius 2 is 2.44 bits per heavy atom. The average Bonchev–Trinajstić information content (AvgIpc) is 2.77. The van der Waals surface area contributed by atoms with Crippen molar-refractivity contribution in [3.63, 3.8) is 0 Å². The van der Waals surface area contributed by atoms with E-state index in [1.54, 1.807) is 12.5 Å². The van der Waals surface area contributed by atoms with Gasteiger partial charge in [-0.25, -0.2) is 4.98 Å². The molecule has 0 radical (unpaired) electrons. The van der Waals surface area contributed by atoms with E-state index in [-0.39, 0.29) is 5.97 Å². The van der Waals surface area contributed by atoms with Crippen LogP contribution in [-0.2, 0) is 16.0 Å². The zero-order chi connectivity index (χ0) is 12.0. The molecule has 1 aromatic rings. The second kappa shape index (κ2) is 5.65. The SMILES string of the molecule is CCCC[C@](N)(Cc1cnc[nH]1)C(=O)OC. The summed E-state index contributed by atoms with van der Waals surface area (Å²) < 4.78 is 4.76. The molecule has 0 fully saturated rings. The summed E-state index contributed by atoms with van der Waals surface area (Å²) in [6.45, 7) is 2.06. The number of rotatable bonds is 6. The fraction of sp³-hybridized carbons (Fsp3) is 0.636. The molecule has 0 saturated carbocycles. The van der Waals surface area contributed by atoms with Crippen molar-refractivity contribution in [3.8, 4) is 0 Å². The number of hydrogen-bond donors (Lipinski definition) is 2. The third-order valence-electron chi connectivity index (χ3n) is 2.63. The highest BCUT2D eigenvalue weighted by Gasteiger charge is 2.35. The highest BCUT2D eigenvalue weighted by atomic mass is 16.5. The van der Waals surface area contributed by atoms with Crippen LogP contribution >= 0.6 is 0 Å². The third-order valence-corrected chi connectivity index (χ3v) is 2.63. The molecule has 0 aliphatic rings. The predicted octanol–water partition coefficient (Wildman–Crippen LogP) is 1.01. The van der Waals surface area contributed by atoms with E-state index in [4.69, 9.17) is 10.5 Å². The molecule has 0 aliphatic heterocycles. The minimum absolute atomic E-state index is 0.365. The number of aromatic amines is 1. The maximum atomic E-state index is 11.7. The van der Waals surface area contributed by atoms with Gasteiger partial charge in [-0.1, -0.05) is 19.8 Å². The number of aromatic nitrogens is 2. The number of unbranched alkanes of at least 4 members (excludes halogenated alkanes) is 1. The maximum Gasteiger partial charge on any atom is 0.326 e. The lowest BCUT2D eigenvalue weighted by Crippen LogP contribution is -2.50. The summed E-state index contributed by atoms with van der Waals surface area (Å²) in [5.74, 6) is -0.365. The van der Waals surface area contributed by atoms with Gasteiger partial charge in [0.15, 0.2) is 0 Å². The monoisotopic (exact) mass is 225 g/mol. The van der Waals surface area contributed by atoms with Crippen LogP contribution in [0.3, 0.4) is 0 Å². The first kappa shape index (κ1) is 12.7. The van der Waals surface area contributed by atoms with Crippen LogP contribution in [0.15, 0.2) is 12.5 Å². The second-order valence-corrected chi connectivity index (χ2v) is 4.00.